The van der Waals surface area contributed by atoms with Gasteiger partial charge in [0.15, 0.2) is 17.8 Å². The highest BCUT2D eigenvalue weighted by Crippen LogP contribution is 2.29. The molecule has 0 saturated heterocycles. The zero-order chi connectivity index (χ0) is 23.8. The van der Waals surface area contributed by atoms with Crippen molar-refractivity contribution in [2.45, 2.75) is 19.8 Å². The number of oxazole rings is 1. The van der Waals surface area contributed by atoms with Crippen LogP contribution in [0, 0.1) is 0 Å². The summed E-state index contributed by atoms with van der Waals surface area (Å²) in [5.41, 5.74) is 3.18. The van der Waals surface area contributed by atoms with Crippen molar-refractivity contribution >= 4 is 17.5 Å². The van der Waals surface area contributed by atoms with Gasteiger partial charge in [0.1, 0.15) is 0 Å². The molecular formula is C28H27N3O3. The van der Waals surface area contributed by atoms with E-state index in [0.717, 1.165) is 18.5 Å². The molecule has 0 aliphatic rings. The molecule has 4 aromatic rings. The Kier molecular flexibility index (Phi) is 7.50. The van der Waals surface area contributed by atoms with E-state index >= 15 is 0 Å². The number of para-hydroxylation sites is 1. The predicted molar refractivity (Wildman–Crippen MR) is 133 cm³/mol. The fourth-order valence-corrected chi connectivity index (χ4v) is 3.89. The smallest absolute Gasteiger partial charge is 0.273 e. The molecule has 0 bridgehead atoms. The largest absolute Gasteiger partial charge is 0.443 e. The Balaban J connectivity index is 1.51. The maximum absolute atomic E-state index is 13.5. The fraction of sp³-hybridized carbons (Fsp3) is 0.179. The lowest BCUT2D eigenvalue weighted by molar-refractivity contribution is 0.0946. The van der Waals surface area contributed by atoms with Gasteiger partial charge in [0.05, 0.1) is 5.56 Å². The van der Waals surface area contributed by atoms with Crippen molar-refractivity contribution in [3.63, 3.8) is 0 Å². The number of amides is 2. The molecule has 0 unspecified atom stereocenters. The van der Waals surface area contributed by atoms with Crippen LogP contribution in [0.5, 0.6) is 0 Å². The van der Waals surface area contributed by atoms with Crippen molar-refractivity contribution in [3.05, 3.63) is 108 Å². The van der Waals surface area contributed by atoms with Gasteiger partial charge in [-0.2, -0.15) is 0 Å². The molecule has 34 heavy (non-hydrogen) atoms. The maximum atomic E-state index is 13.5. The third-order valence-electron chi connectivity index (χ3n) is 5.58. The lowest BCUT2D eigenvalue weighted by Crippen LogP contribution is -2.31. The number of hydrogen-bond donors (Lipinski definition) is 1. The standard InChI is InChI=1S/C28H27N3O3/c1-2-31(22-15-7-4-8-16-22)28(33)24-18-10-9-17-23(24)26-25(30-20-34-26)27(32)29-19-11-14-21-12-5-3-6-13-21/h3-10,12-13,15-18,20H,2,11,14,19H2,1H3,(H,29,32). The molecule has 0 atom stereocenters. The van der Waals surface area contributed by atoms with E-state index in [1.165, 1.54) is 12.0 Å². The summed E-state index contributed by atoms with van der Waals surface area (Å²) in [7, 11) is 0. The summed E-state index contributed by atoms with van der Waals surface area (Å²) in [6.45, 7) is 2.94. The van der Waals surface area contributed by atoms with Gasteiger partial charge in [-0.3, -0.25) is 9.59 Å². The van der Waals surface area contributed by atoms with Crippen LogP contribution in [0.1, 0.15) is 39.8 Å². The monoisotopic (exact) mass is 453 g/mol. The first-order valence-corrected chi connectivity index (χ1v) is 11.4. The van der Waals surface area contributed by atoms with E-state index in [0.29, 0.717) is 24.2 Å². The Bertz CT molecular complexity index is 1240. The summed E-state index contributed by atoms with van der Waals surface area (Å²) in [5, 5.41) is 2.92. The van der Waals surface area contributed by atoms with Crippen molar-refractivity contribution in [1.29, 1.82) is 0 Å². The van der Waals surface area contributed by atoms with Gasteiger partial charge in [-0.15, -0.1) is 0 Å². The highest BCUT2D eigenvalue weighted by atomic mass is 16.3. The minimum atomic E-state index is -0.325. The Morgan fingerprint density at radius 3 is 2.32 bits per heavy atom. The van der Waals surface area contributed by atoms with E-state index in [2.05, 4.69) is 22.4 Å². The maximum Gasteiger partial charge on any atom is 0.273 e. The van der Waals surface area contributed by atoms with Crippen molar-refractivity contribution in [1.82, 2.24) is 10.3 Å². The normalized spacial score (nSPS) is 10.6. The van der Waals surface area contributed by atoms with Crippen LogP contribution in [0.2, 0.25) is 0 Å². The van der Waals surface area contributed by atoms with Gasteiger partial charge in [-0.1, -0.05) is 66.7 Å². The minimum Gasteiger partial charge on any atom is -0.443 e. The second-order valence-electron chi connectivity index (χ2n) is 7.81. The second-order valence-corrected chi connectivity index (χ2v) is 7.81. The Morgan fingerprint density at radius 2 is 1.59 bits per heavy atom. The van der Waals surface area contributed by atoms with E-state index in [1.807, 2.05) is 61.5 Å². The van der Waals surface area contributed by atoms with E-state index in [9.17, 15) is 9.59 Å². The molecule has 0 aliphatic carbocycles. The van der Waals surface area contributed by atoms with Crippen LogP contribution < -0.4 is 10.2 Å². The zero-order valence-corrected chi connectivity index (χ0v) is 19.1. The average Bonchev–Trinajstić information content (AvgIpc) is 3.38. The van der Waals surface area contributed by atoms with Gasteiger partial charge in [0, 0.05) is 24.3 Å². The Labute approximate surface area is 199 Å². The van der Waals surface area contributed by atoms with Crippen LogP contribution in [0.15, 0.2) is 95.7 Å². The molecule has 6 heteroatoms. The molecule has 0 spiro atoms. The van der Waals surface area contributed by atoms with Crippen LogP contribution >= 0.6 is 0 Å². The molecule has 0 aliphatic heterocycles. The number of nitrogens with zero attached hydrogens (tertiary/aromatic N) is 2. The van der Waals surface area contributed by atoms with E-state index in [-0.39, 0.29) is 23.3 Å². The average molecular weight is 454 g/mol. The van der Waals surface area contributed by atoms with Gasteiger partial charge >= 0.3 is 0 Å². The molecule has 1 N–H and O–H groups in total. The molecule has 3 aromatic carbocycles. The van der Waals surface area contributed by atoms with Gasteiger partial charge in [-0.25, -0.2) is 4.98 Å². The SMILES string of the molecule is CCN(C(=O)c1ccccc1-c1ocnc1C(=O)NCCCc1ccccc1)c1ccccc1. The second kappa shape index (κ2) is 11.1. The van der Waals surface area contributed by atoms with Crippen molar-refractivity contribution in [3.8, 4) is 11.3 Å². The Morgan fingerprint density at radius 1 is 0.912 bits per heavy atom. The lowest BCUT2D eigenvalue weighted by atomic mass is 10.0. The van der Waals surface area contributed by atoms with Crippen LogP contribution in [0.25, 0.3) is 11.3 Å². The fourth-order valence-electron chi connectivity index (χ4n) is 3.89. The minimum absolute atomic E-state index is 0.169. The molecule has 1 heterocycles. The van der Waals surface area contributed by atoms with Gasteiger partial charge < -0.3 is 14.6 Å². The molecule has 0 radical (unpaired) electrons. The predicted octanol–water partition coefficient (Wildman–Crippen LogP) is 5.37. The molecule has 2 amide bonds. The van der Waals surface area contributed by atoms with Crippen LogP contribution in [-0.4, -0.2) is 29.9 Å². The zero-order valence-electron chi connectivity index (χ0n) is 19.1. The highest BCUT2D eigenvalue weighted by molar-refractivity contribution is 6.11. The molecule has 6 nitrogen and oxygen atoms in total. The third kappa shape index (κ3) is 5.23. The number of carbonyl (C=O) groups is 2. The molecule has 4 rings (SSSR count). The summed E-state index contributed by atoms with van der Waals surface area (Å²) in [6.07, 6.45) is 2.92. The topological polar surface area (TPSA) is 75.4 Å². The van der Waals surface area contributed by atoms with Crippen molar-refractivity contribution < 1.29 is 14.0 Å². The van der Waals surface area contributed by atoms with E-state index < -0.39 is 0 Å². The highest BCUT2D eigenvalue weighted by Gasteiger charge is 2.25. The summed E-state index contributed by atoms with van der Waals surface area (Å²) in [4.78, 5) is 32.2. The van der Waals surface area contributed by atoms with Crippen molar-refractivity contribution in [2.24, 2.45) is 0 Å². The molecule has 0 fully saturated rings. The number of rotatable bonds is 9. The van der Waals surface area contributed by atoms with Crippen LogP contribution in [-0.2, 0) is 6.42 Å². The lowest BCUT2D eigenvalue weighted by Gasteiger charge is -2.22. The first kappa shape index (κ1) is 23.0. The number of hydrogen-bond acceptors (Lipinski definition) is 4. The summed E-state index contributed by atoms with van der Waals surface area (Å²) in [6, 6.07) is 26.8. The van der Waals surface area contributed by atoms with Crippen LogP contribution in [0.3, 0.4) is 0 Å². The number of carbonyl (C=O) groups excluding carboxylic acids is 2. The first-order valence-electron chi connectivity index (χ1n) is 11.4. The summed E-state index contributed by atoms with van der Waals surface area (Å²) >= 11 is 0. The van der Waals surface area contributed by atoms with E-state index in [4.69, 9.17) is 4.42 Å². The molecule has 0 saturated carbocycles. The molecular weight excluding hydrogens is 426 g/mol. The van der Waals surface area contributed by atoms with Crippen molar-refractivity contribution in [2.75, 3.05) is 18.0 Å². The number of nitrogens with one attached hydrogen (secondary N) is 1. The molecule has 172 valence electrons. The third-order valence-corrected chi connectivity index (χ3v) is 5.58. The van der Waals surface area contributed by atoms with Gasteiger partial charge in [0.25, 0.3) is 11.8 Å². The number of benzene rings is 3. The summed E-state index contributed by atoms with van der Waals surface area (Å²) < 4.78 is 5.61. The number of anilines is 1. The quantitative estimate of drug-likeness (QED) is 0.346. The van der Waals surface area contributed by atoms with Crippen LogP contribution in [0.4, 0.5) is 5.69 Å². The Hall–Kier alpha value is -4.19. The first-order chi connectivity index (χ1) is 16.7. The van der Waals surface area contributed by atoms with E-state index in [1.54, 1.807) is 23.1 Å². The molecule has 1 aromatic heterocycles. The summed E-state index contributed by atoms with van der Waals surface area (Å²) in [5.74, 6) is -0.210. The van der Waals surface area contributed by atoms with Gasteiger partial charge in [0.2, 0.25) is 0 Å². The number of aryl methyl sites for hydroxylation is 1. The number of aromatic nitrogens is 1. The van der Waals surface area contributed by atoms with Gasteiger partial charge in [-0.05, 0) is 43.5 Å².